The Labute approximate surface area is 93.3 Å². The van der Waals surface area contributed by atoms with Gasteiger partial charge in [-0.2, -0.15) is 0 Å². The maximum atomic E-state index is 6.23. The van der Waals surface area contributed by atoms with Gasteiger partial charge < -0.3 is 15.2 Å². The molecule has 1 atom stereocenters. The third kappa shape index (κ3) is 4.49. The molecule has 0 aliphatic carbocycles. The van der Waals surface area contributed by atoms with Crippen LogP contribution in [0.5, 0.6) is 0 Å². The van der Waals surface area contributed by atoms with E-state index in [9.17, 15) is 0 Å². The smallest absolute Gasteiger partial charge is 0.0724 e. The number of hydrogen-bond donors (Lipinski definition) is 1. The zero-order chi connectivity index (χ0) is 11.4. The molecule has 1 unspecified atom stereocenters. The molecular formula is C12H25NO2. The van der Waals surface area contributed by atoms with Crippen molar-refractivity contribution >= 4 is 0 Å². The standard InChI is InChI=1S/C12H25NO2/c1-11(2,3)15-12(6-8-13)5-4-9-14-10-7-12/h4-10,13H2,1-3H3. The van der Waals surface area contributed by atoms with Crippen LogP contribution in [0.4, 0.5) is 0 Å². The maximum Gasteiger partial charge on any atom is 0.0724 e. The molecule has 0 amide bonds. The Morgan fingerprint density at radius 1 is 1.27 bits per heavy atom. The van der Waals surface area contributed by atoms with E-state index < -0.39 is 0 Å². The van der Waals surface area contributed by atoms with Crippen molar-refractivity contribution in [2.75, 3.05) is 19.8 Å². The molecule has 1 rings (SSSR count). The fraction of sp³-hybridized carbons (Fsp3) is 1.00. The minimum Gasteiger partial charge on any atom is -0.381 e. The van der Waals surface area contributed by atoms with E-state index in [1.54, 1.807) is 0 Å². The summed E-state index contributed by atoms with van der Waals surface area (Å²) in [5, 5.41) is 0. The number of hydrogen-bond acceptors (Lipinski definition) is 3. The summed E-state index contributed by atoms with van der Waals surface area (Å²) < 4.78 is 11.7. The van der Waals surface area contributed by atoms with E-state index in [1.807, 2.05) is 0 Å². The lowest BCUT2D eigenvalue weighted by atomic mass is 9.89. The van der Waals surface area contributed by atoms with Crippen molar-refractivity contribution in [2.24, 2.45) is 5.73 Å². The Morgan fingerprint density at radius 3 is 2.60 bits per heavy atom. The van der Waals surface area contributed by atoms with Gasteiger partial charge in [0.1, 0.15) is 0 Å². The molecule has 0 aromatic heterocycles. The molecule has 3 nitrogen and oxygen atoms in total. The van der Waals surface area contributed by atoms with Gasteiger partial charge in [0.15, 0.2) is 0 Å². The van der Waals surface area contributed by atoms with Crippen LogP contribution in [0.2, 0.25) is 0 Å². The van der Waals surface area contributed by atoms with Gasteiger partial charge in [0, 0.05) is 13.2 Å². The van der Waals surface area contributed by atoms with Gasteiger partial charge in [-0.1, -0.05) is 0 Å². The summed E-state index contributed by atoms with van der Waals surface area (Å²) in [4.78, 5) is 0. The van der Waals surface area contributed by atoms with Gasteiger partial charge in [0.05, 0.1) is 11.2 Å². The van der Waals surface area contributed by atoms with E-state index >= 15 is 0 Å². The summed E-state index contributed by atoms with van der Waals surface area (Å²) in [5.74, 6) is 0. The average molecular weight is 215 g/mol. The highest BCUT2D eigenvalue weighted by molar-refractivity contribution is 4.85. The molecule has 0 aromatic rings. The number of ether oxygens (including phenoxy) is 2. The van der Waals surface area contributed by atoms with Gasteiger partial charge in [-0.15, -0.1) is 0 Å². The van der Waals surface area contributed by atoms with Crippen LogP contribution < -0.4 is 5.73 Å². The Morgan fingerprint density at radius 2 is 2.00 bits per heavy atom. The van der Waals surface area contributed by atoms with Crippen molar-refractivity contribution in [1.29, 1.82) is 0 Å². The summed E-state index contributed by atoms with van der Waals surface area (Å²) >= 11 is 0. The van der Waals surface area contributed by atoms with Crippen molar-refractivity contribution in [2.45, 2.75) is 57.7 Å². The molecule has 0 spiro atoms. The second-order valence-corrected chi connectivity index (χ2v) is 5.40. The van der Waals surface area contributed by atoms with E-state index in [4.69, 9.17) is 15.2 Å². The highest BCUT2D eigenvalue weighted by Gasteiger charge is 2.35. The quantitative estimate of drug-likeness (QED) is 0.784. The predicted octanol–water partition coefficient (Wildman–Crippen LogP) is 2.09. The zero-order valence-corrected chi connectivity index (χ0v) is 10.3. The third-order valence-electron chi connectivity index (χ3n) is 2.75. The van der Waals surface area contributed by atoms with E-state index in [1.165, 1.54) is 0 Å². The SMILES string of the molecule is CC(C)(C)OC1(CCN)CCCOCC1. The summed E-state index contributed by atoms with van der Waals surface area (Å²) in [6.45, 7) is 8.68. The molecule has 1 fully saturated rings. The van der Waals surface area contributed by atoms with Crippen LogP contribution in [-0.2, 0) is 9.47 Å². The van der Waals surface area contributed by atoms with Gasteiger partial charge in [-0.3, -0.25) is 0 Å². The Hall–Kier alpha value is -0.120. The van der Waals surface area contributed by atoms with Crippen LogP contribution in [0.25, 0.3) is 0 Å². The first-order valence-corrected chi connectivity index (χ1v) is 5.95. The lowest BCUT2D eigenvalue weighted by molar-refractivity contribution is -0.142. The molecule has 1 heterocycles. The van der Waals surface area contributed by atoms with Crippen LogP contribution in [0.1, 0.15) is 46.5 Å². The zero-order valence-electron chi connectivity index (χ0n) is 10.3. The van der Waals surface area contributed by atoms with Gasteiger partial charge >= 0.3 is 0 Å². The largest absolute Gasteiger partial charge is 0.381 e. The van der Waals surface area contributed by atoms with Crippen molar-refractivity contribution in [3.63, 3.8) is 0 Å². The number of nitrogens with two attached hydrogens (primary N) is 1. The highest BCUT2D eigenvalue weighted by atomic mass is 16.5. The summed E-state index contributed by atoms with van der Waals surface area (Å²) in [5.41, 5.74) is 5.54. The first-order chi connectivity index (χ1) is 6.97. The molecule has 0 bridgehead atoms. The summed E-state index contributed by atoms with van der Waals surface area (Å²) in [6.07, 6.45) is 4.06. The lowest BCUT2D eigenvalue weighted by Crippen LogP contribution is -2.42. The normalized spacial score (nSPS) is 28.8. The Bertz CT molecular complexity index is 179. The predicted molar refractivity (Wildman–Crippen MR) is 61.9 cm³/mol. The fourth-order valence-corrected chi connectivity index (χ4v) is 2.30. The van der Waals surface area contributed by atoms with E-state index in [2.05, 4.69) is 20.8 Å². The molecule has 1 aliphatic heterocycles. The topological polar surface area (TPSA) is 44.5 Å². The van der Waals surface area contributed by atoms with E-state index in [0.717, 1.165) is 38.9 Å². The second-order valence-electron chi connectivity index (χ2n) is 5.40. The minimum absolute atomic E-state index is 0.0521. The van der Waals surface area contributed by atoms with E-state index in [-0.39, 0.29) is 11.2 Å². The van der Waals surface area contributed by atoms with Crippen LogP contribution in [0, 0.1) is 0 Å². The van der Waals surface area contributed by atoms with Crippen molar-refractivity contribution in [1.82, 2.24) is 0 Å². The second kappa shape index (κ2) is 5.28. The first-order valence-electron chi connectivity index (χ1n) is 5.95. The molecule has 15 heavy (non-hydrogen) atoms. The molecule has 1 saturated heterocycles. The van der Waals surface area contributed by atoms with Crippen LogP contribution >= 0.6 is 0 Å². The van der Waals surface area contributed by atoms with Crippen molar-refractivity contribution in [3.05, 3.63) is 0 Å². The summed E-state index contributed by atoms with van der Waals surface area (Å²) in [6, 6.07) is 0. The monoisotopic (exact) mass is 215 g/mol. The first kappa shape index (κ1) is 12.9. The lowest BCUT2D eigenvalue weighted by Gasteiger charge is -2.38. The maximum absolute atomic E-state index is 6.23. The molecule has 90 valence electrons. The van der Waals surface area contributed by atoms with Crippen LogP contribution in [0.3, 0.4) is 0 Å². The summed E-state index contributed by atoms with van der Waals surface area (Å²) in [7, 11) is 0. The van der Waals surface area contributed by atoms with Gasteiger partial charge in [0.25, 0.3) is 0 Å². The molecule has 0 aromatic carbocycles. The van der Waals surface area contributed by atoms with Crippen molar-refractivity contribution < 1.29 is 9.47 Å². The van der Waals surface area contributed by atoms with E-state index in [0.29, 0.717) is 6.54 Å². The van der Waals surface area contributed by atoms with Gasteiger partial charge in [0.2, 0.25) is 0 Å². The highest BCUT2D eigenvalue weighted by Crippen LogP contribution is 2.33. The Kier molecular flexibility index (Phi) is 4.56. The molecule has 3 heteroatoms. The van der Waals surface area contributed by atoms with Gasteiger partial charge in [-0.05, 0) is 53.0 Å². The minimum atomic E-state index is -0.0977. The third-order valence-corrected chi connectivity index (χ3v) is 2.75. The van der Waals surface area contributed by atoms with Gasteiger partial charge in [-0.25, -0.2) is 0 Å². The molecule has 0 saturated carbocycles. The Balaban J connectivity index is 2.66. The molecule has 1 aliphatic rings. The fourth-order valence-electron chi connectivity index (χ4n) is 2.30. The molecular weight excluding hydrogens is 190 g/mol. The van der Waals surface area contributed by atoms with Crippen LogP contribution in [0.15, 0.2) is 0 Å². The van der Waals surface area contributed by atoms with Crippen LogP contribution in [-0.4, -0.2) is 31.0 Å². The average Bonchev–Trinajstić information content (AvgIpc) is 2.28. The molecule has 0 radical (unpaired) electrons. The van der Waals surface area contributed by atoms with Crippen molar-refractivity contribution in [3.8, 4) is 0 Å². The number of rotatable bonds is 3. The molecule has 2 N–H and O–H groups in total.